The number of carbonyl (C=O) groups excluding carboxylic acids is 2. The van der Waals surface area contributed by atoms with E-state index in [1.807, 2.05) is 24.3 Å². The molecule has 0 aromatic heterocycles. The summed E-state index contributed by atoms with van der Waals surface area (Å²) in [6.07, 6.45) is 8.17. The molecule has 0 aliphatic heterocycles. The van der Waals surface area contributed by atoms with Crippen molar-refractivity contribution in [3.63, 3.8) is 0 Å². The van der Waals surface area contributed by atoms with E-state index in [-0.39, 0.29) is 35.7 Å². The van der Waals surface area contributed by atoms with E-state index in [9.17, 15) is 14.4 Å². The van der Waals surface area contributed by atoms with Crippen molar-refractivity contribution in [1.29, 1.82) is 0 Å². The van der Waals surface area contributed by atoms with Crippen LogP contribution >= 0.6 is 0 Å². The van der Waals surface area contributed by atoms with Gasteiger partial charge in [-0.15, -0.1) is 6.42 Å². The van der Waals surface area contributed by atoms with Gasteiger partial charge in [0.2, 0.25) is 0 Å². The summed E-state index contributed by atoms with van der Waals surface area (Å²) in [5.74, 6) is -0.743. The Labute approximate surface area is 178 Å². The molecular weight excluding hydrogens is 396 g/mol. The minimum Gasteiger partial charge on any atom is -0.718 e. The first-order valence-corrected chi connectivity index (χ1v) is 9.76. The third-order valence-electron chi connectivity index (χ3n) is 4.29. The van der Waals surface area contributed by atoms with Gasteiger partial charge in [-0.05, 0) is 12.8 Å². The Bertz CT molecular complexity index is 657. The molecule has 0 atom stereocenters. The second-order valence-electron chi connectivity index (χ2n) is 6.61. The molecule has 4 nitrogen and oxygen atoms in total. The van der Waals surface area contributed by atoms with Crippen LogP contribution in [0.2, 0.25) is 0 Å². The predicted molar refractivity (Wildman–Crippen MR) is 108 cm³/mol. The van der Waals surface area contributed by atoms with Crippen LogP contribution in [-0.2, 0) is 21.9 Å². The van der Waals surface area contributed by atoms with E-state index in [0.29, 0.717) is 11.3 Å². The van der Waals surface area contributed by atoms with Crippen LogP contribution in [0.1, 0.15) is 85.4 Å². The molecule has 0 radical (unpaired) electrons. The number of unbranched alkanes of at least 4 members (excludes halogenated alkanes) is 5. The summed E-state index contributed by atoms with van der Waals surface area (Å²) in [6.45, 7) is 2.22. The van der Waals surface area contributed by atoms with Crippen LogP contribution in [0.4, 0.5) is 0 Å². The molecule has 0 bridgehead atoms. The van der Waals surface area contributed by atoms with Crippen LogP contribution in [-0.4, -0.2) is 22.6 Å². The maximum atomic E-state index is 11.6. The molecule has 28 heavy (non-hydrogen) atoms. The number of hydrogen-bond acceptors (Lipinski definition) is 3. The van der Waals surface area contributed by atoms with Crippen LogP contribution in [0, 0.1) is 0 Å². The van der Waals surface area contributed by atoms with Crippen molar-refractivity contribution >= 4 is 17.5 Å². The summed E-state index contributed by atoms with van der Waals surface area (Å²) in [5, 5.41) is 8.31. The van der Waals surface area contributed by atoms with Crippen LogP contribution in [0.15, 0.2) is 48.5 Å². The first kappa shape index (κ1) is 26.0. The molecule has 0 aliphatic carbocycles. The quantitative estimate of drug-likeness (QED) is 0.202. The number of carboxylic acids is 1. The zero-order chi connectivity index (χ0) is 19.9. The first-order chi connectivity index (χ1) is 13.0. The van der Waals surface area contributed by atoms with E-state index in [2.05, 4.69) is 6.92 Å². The van der Waals surface area contributed by atoms with E-state index in [1.165, 1.54) is 32.1 Å². The van der Waals surface area contributed by atoms with E-state index in [0.717, 1.165) is 18.4 Å². The monoisotopic (exact) mass is 426 g/mol. The summed E-state index contributed by atoms with van der Waals surface area (Å²) in [6, 6.07) is 14.5. The van der Waals surface area contributed by atoms with Crippen molar-refractivity contribution in [2.45, 2.75) is 64.7 Å². The Morgan fingerprint density at radius 3 is 1.96 bits per heavy atom. The summed E-state index contributed by atoms with van der Waals surface area (Å²) in [4.78, 5) is 32.9. The smallest absolute Gasteiger partial charge is 0.301 e. The van der Waals surface area contributed by atoms with Crippen LogP contribution < -0.4 is 0 Å². The van der Waals surface area contributed by atoms with Crippen molar-refractivity contribution < 1.29 is 36.6 Å². The number of carbonyl (C=O) groups is 3. The maximum absolute atomic E-state index is 11.6. The van der Waals surface area contributed by atoms with Gasteiger partial charge in [0, 0.05) is 23.5 Å². The molecule has 5 heteroatoms. The second kappa shape index (κ2) is 16.0. The molecule has 0 unspecified atom stereocenters. The van der Waals surface area contributed by atoms with Crippen LogP contribution in [0.5, 0.6) is 0 Å². The van der Waals surface area contributed by atoms with Gasteiger partial charge in [-0.25, -0.2) is 12.1 Å². The summed E-state index contributed by atoms with van der Waals surface area (Å²) in [7, 11) is 0. The molecule has 2 aromatic carbocycles. The molecule has 1 N–H and O–H groups in total. The van der Waals surface area contributed by atoms with Gasteiger partial charge in [0.25, 0.3) is 0 Å². The summed E-state index contributed by atoms with van der Waals surface area (Å²) < 4.78 is 0. The molecule has 0 saturated heterocycles. The number of aliphatic carboxylic acids is 1. The number of ketones is 2. The largest absolute Gasteiger partial charge is 0.718 e. The van der Waals surface area contributed by atoms with Gasteiger partial charge in [-0.1, -0.05) is 44.6 Å². The van der Waals surface area contributed by atoms with Gasteiger partial charge in [0.05, 0.1) is 0 Å². The molecule has 0 heterocycles. The minimum atomic E-state index is -0.935. The van der Waals surface area contributed by atoms with Crippen molar-refractivity contribution in [2.24, 2.45) is 0 Å². The number of rotatable bonds is 12. The normalized spacial score (nSPS) is 9.75. The molecule has 2 aromatic rings. The van der Waals surface area contributed by atoms with Crippen molar-refractivity contribution in [3.8, 4) is 0 Å². The second-order valence-corrected chi connectivity index (χ2v) is 6.61. The van der Waals surface area contributed by atoms with Gasteiger partial charge in [0.15, 0.2) is 0 Å². The summed E-state index contributed by atoms with van der Waals surface area (Å²) >= 11 is 0. The Hall–Kier alpha value is -1.97. The van der Waals surface area contributed by atoms with E-state index < -0.39 is 5.97 Å². The molecule has 0 fully saturated rings. The zero-order valence-corrected chi connectivity index (χ0v) is 17.6. The fraction of sp³-hybridized carbons (Fsp3) is 0.435. The molecule has 0 aliphatic rings. The Morgan fingerprint density at radius 1 is 0.821 bits per heavy atom. The minimum absolute atomic E-state index is 0. The van der Waals surface area contributed by atoms with Crippen LogP contribution in [0.3, 0.4) is 0 Å². The molecule has 0 spiro atoms. The maximum Gasteiger partial charge on any atom is 0.301 e. The SMILES string of the molecule is CCCCCCCCC(=O)[c-]1cccc1.O=C(O)CCC(=O)[c-]1[cH-][cH-][cH-][cH-]1.[Fe]. The average Bonchev–Trinajstić information content (AvgIpc) is 3.36. The third kappa shape index (κ3) is 11.7. The van der Waals surface area contributed by atoms with E-state index in [4.69, 9.17) is 5.11 Å². The standard InChI is InChI=1S/C14H21O.C9H9O3.Fe/c1-2-3-4-5-6-7-12-14(15)13-10-8-9-11-13;10-8(5-6-9(11)12)7-3-1-2-4-7;/h8-11H,2-7,12H2,1H3;1-4H,5-6H2,(H,11,12);/q-1;-5;. The average molecular weight is 426 g/mol. The number of hydrogen-bond donors (Lipinski definition) is 1. The van der Waals surface area contributed by atoms with Crippen LogP contribution in [0.25, 0.3) is 0 Å². The van der Waals surface area contributed by atoms with Gasteiger partial charge in [-0.3, -0.25) is 10.6 Å². The van der Waals surface area contributed by atoms with Gasteiger partial charge < -0.3 is 44.5 Å². The molecular formula is C23H30FeO4-6. The topological polar surface area (TPSA) is 71.4 Å². The fourth-order valence-electron chi connectivity index (χ4n) is 2.69. The molecule has 2 rings (SSSR count). The fourth-order valence-corrected chi connectivity index (χ4v) is 2.69. The van der Waals surface area contributed by atoms with Crippen molar-refractivity contribution in [1.82, 2.24) is 0 Å². The molecule has 160 valence electrons. The first-order valence-electron chi connectivity index (χ1n) is 9.76. The Morgan fingerprint density at radius 2 is 1.39 bits per heavy atom. The van der Waals surface area contributed by atoms with E-state index >= 15 is 0 Å². The summed E-state index contributed by atoms with van der Waals surface area (Å²) in [5.41, 5.74) is 1.47. The number of Topliss-reactive ketones (excluding diaryl/α,β-unsaturated/α-hetero) is 2. The molecule has 0 amide bonds. The zero-order valence-electron chi connectivity index (χ0n) is 16.5. The number of carboxylic acid groups (broad SMARTS) is 1. The Kier molecular flexibility index (Phi) is 14.9. The van der Waals surface area contributed by atoms with Crippen molar-refractivity contribution in [3.05, 3.63) is 59.7 Å². The molecule has 0 saturated carbocycles. The van der Waals surface area contributed by atoms with Gasteiger partial charge in [-0.2, -0.15) is 12.1 Å². The van der Waals surface area contributed by atoms with Gasteiger partial charge in [0.1, 0.15) is 5.78 Å². The predicted octanol–water partition coefficient (Wildman–Crippen LogP) is 5.79. The van der Waals surface area contributed by atoms with Gasteiger partial charge >= 0.3 is 5.97 Å². The van der Waals surface area contributed by atoms with Crippen molar-refractivity contribution in [2.75, 3.05) is 0 Å². The van der Waals surface area contributed by atoms with E-state index in [1.54, 1.807) is 24.3 Å². The Balaban J connectivity index is 0.000000514. The third-order valence-corrected chi connectivity index (χ3v) is 4.29.